The van der Waals surface area contributed by atoms with Crippen LogP contribution in [0.2, 0.25) is 0 Å². The van der Waals surface area contributed by atoms with Crippen LogP contribution in [-0.4, -0.2) is 11.2 Å². The smallest absolute Gasteiger partial charge is 0.0583 e. The van der Waals surface area contributed by atoms with Crippen molar-refractivity contribution in [3.63, 3.8) is 0 Å². The Bertz CT molecular complexity index is 678. The molecule has 3 rings (SSSR count). The van der Waals surface area contributed by atoms with Gasteiger partial charge in [0.05, 0.1) is 6.10 Å². The van der Waals surface area contributed by atoms with E-state index in [0.29, 0.717) is 17.3 Å². The molecule has 1 heteroatoms. The maximum Gasteiger partial charge on any atom is 0.0583 e. The van der Waals surface area contributed by atoms with Crippen LogP contribution in [0.15, 0.2) is 47.6 Å². The molecule has 29 heavy (non-hydrogen) atoms. The van der Waals surface area contributed by atoms with Gasteiger partial charge in [-0.2, -0.15) is 0 Å². The summed E-state index contributed by atoms with van der Waals surface area (Å²) in [7, 11) is 0. The minimum atomic E-state index is -0.182. The zero-order valence-corrected chi connectivity index (χ0v) is 19.6. The first kappa shape index (κ1) is 22.6. The molecule has 3 aliphatic carbocycles. The van der Waals surface area contributed by atoms with E-state index in [-0.39, 0.29) is 6.10 Å². The highest BCUT2D eigenvalue weighted by molar-refractivity contribution is 5.36. The van der Waals surface area contributed by atoms with Crippen molar-refractivity contribution in [3.05, 3.63) is 47.6 Å². The van der Waals surface area contributed by atoms with Crippen LogP contribution in [0.4, 0.5) is 0 Å². The molecule has 1 N–H and O–H groups in total. The summed E-state index contributed by atoms with van der Waals surface area (Å²) in [6.07, 6.45) is 18.8. The van der Waals surface area contributed by atoms with Crippen molar-refractivity contribution >= 4 is 0 Å². The van der Waals surface area contributed by atoms with Crippen LogP contribution in [0.3, 0.4) is 0 Å². The van der Waals surface area contributed by atoms with E-state index in [2.05, 4.69) is 65.5 Å². The molecular weight excluding hydrogens is 352 g/mol. The standard InChI is InChI=1S/C28H44O/c1-19(2)20(3)9-10-22(5)26-15-16-27-23(8-7-17-28(26,27)6)12-13-24-18-25(29)14-11-21(24)4/h9-10,12-13,19-20,22,25-27,29H,4,7-8,11,14-18H2,1-3,5-6H3/b10-9+,23-12+,24-13-/t20-,22+,25-,26?,27?,28?/m0/s1. The first-order valence-corrected chi connectivity index (χ1v) is 12.2. The van der Waals surface area contributed by atoms with E-state index in [0.717, 1.165) is 37.0 Å². The molecule has 0 aliphatic heterocycles. The number of allylic oxidation sites excluding steroid dienone is 6. The number of aliphatic hydroxyl groups excluding tert-OH is 1. The fraction of sp³-hybridized carbons (Fsp3) is 0.714. The Hall–Kier alpha value is -1.08. The molecule has 0 aromatic carbocycles. The summed E-state index contributed by atoms with van der Waals surface area (Å²) in [5.74, 6) is 3.58. The lowest BCUT2D eigenvalue weighted by atomic mass is 9.61. The molecule has 162 valence electrons. The van der Waals surface area contributed by atoms with Gasteiger partial charge < -0.3 is 5.11 Å². The van der Waals surface area contributed by atoms with Crippen LogP contribution in [0, 0.1) is 35.0 Å². The molecule has 0 radical (unpaired) electrons. The summed E-state index contributed by atoms with van der Waals surface area (Å²) < 4.78 is 0. The quantitative estimate of drug-likeness (QED) is 0.473. The Balaban J connectivity index is 1.75. The summed E-state index contributed by atoms with van der Waals surface area (Å²) in [5.41, 5.74) is 4.61. The summed E-state index contributed by atoms with van der Waals surface area (Å²) in [5, 5.41) is 10.0. The molecular formula is C28H44O. The molecule has 3 unspecified atom stereocenters. The highest BCUT2D eigenvalue weighted by Crippen LogP contribution is 2.59. The molecule has 0 aromatic heterocycles. The molecule has 0 spiro atoms. The second-order valence-corrected chi connectivity index (χ2v) is 10.9. The molecule has 3 aliphatic rings. The summed E-state index contributed by atoms with van der Waals surface area (Å²) >= 11 is 0. The summed E-state index contributed by atoms with van der Waals surface area (Å²) in [6, 6.07) is 0. The van der Waals surface area contributed by atoms with Gasteiger partial charge in [0.1, 0.15) is 0 Å². The summed E-state index contributed by atoms with van der Waals surface area (Å²) in [4.78, 5) is 0. The van der Waals surface area contributed by atoms with Gasteiger partial charge in [0.2, 0.25) is 0 Å². The van der Waals surface area contributed by atoms with E-state index in [9.17, 15) is 5.11 Å². The van der Waals surface area contributed by atoms with Gasteiger partial charge in [0, 0.05) is 0 Å². The number of hydrogen-bond donors (Lipinski definition) is 1. The third kappa shape index (κ3) is 4.98. The van der Waals surface area contributed by atoms with Crippen molar-refractivity contribution in [2.24, 2.45) is 35.0 Å². The third-order valence-corrected chi connectivity index (χ3v) is 8.63. The molecule has 0 saturated heterocycles. The van der Waals surface area contributed by atoms with E-state index >= 15 is 0 Å². The van der Waals surface area contributed by atoms with Gasteiger partial charge >= 0.3 is 0 Å². The molecule has 0 aromatic rings. The van der Waals surface area contributed by atoms with E-state index < -0.39 is 0 Å². The second-order valence-electron chi connectivity index (χ2n) is 10.9. The SMILES string of the molecule is C=C1CC[C@H](O)C/C1=C/C=C1\CCCC2(C)C1CCC2[C@H](C)/C=C/[C@H](C)C(C)C. The Labute approximate surface area is 180 Å². The van der Waals surface area contributed by atoms with E-state index in [4.69, 9.17) is 0 Å². The van der Waals surface area contributed by atoms with E-state index in [1.165, 1.54) is 43.3 Å². The first-order chi connectivity index (χ1) is 13.7. The molecule has 6 atom stereocenters. The maximum absolute atomic E-state index is 10.0. The molecule has 0 heterocycles. The van der Waals surface area contributed by atoms with E-state index in [1.54, 1.807) is 5.57 Å². The fourth-order valence-electron chi connectivity index (χ4n) is 6.25. The predicted octanol–water partition coefficient (Wildman–Crippen LogP) is 7.64. The maximum atomic E-state index is 10.0. The largest absolute Gasteiger partial charge is 0.393 e. The number of fused-ring (bicyclic) bond motifs is 1. The highest BCUT2D eigenvalue weighted by Gasteiger charge is 2.50. The molecule has 3 saturated carbocycles. The normalized spacial score (nSPS) is 38.2. The average Bonchev–Trinajstić information content (AvgIpc) is 3.04. The second kappa shape index (κ2) is 9.38. The molecule has 3 fully saturated rings. The Morgan fingerprint density at radius 2 is 1.79 bits per heavy atom. The van der Waals surface area contributed by atoms with Gasteiger partial charge in [0.15, 0.2) is 0 Å². The van der Waals surface area contributed by atoms with Crippen molar-refractivity contribution in [3.8, 4) is 0 Å². The third-order valence-electron chi connectivity index (χ3n) is 8.63. The van der Waals surface area contributed by atoms with Gasteiger partial charge in [-0.15, -0.1) is 0 Å². The molecule has 0 amide bonds. The Morgan fingerprint density at radius 3 is 2.52 bits per heavy atom. The van der Waals surface area contributed by atoms with Crippen LogP contribution in [-0.2, 0) is 0 Å². The van der Waals surface area contributed by atoms with Gasteiger partial charge in [0.25, 0.3) is 0 Å². The lowest BCUT2D eigenvalue weighted by molar-refractivity contribution is 0.112. The lowest BCUT2D eigenvalue weighted by Crippen LogP contribution is -2.35. The minimum absolute atomic E-state index is 0.182. The predicted molar refractivity (Wildman–Crippen MR) is 126 cm³/mol. The number of hydrogen-bond acceptors (Lipinski definition) is 1. The van der Waals surface area contributed by atoms with Crippen LogP contribution < -0.4 is 0 Å². The van der Waals surface area contributed by atoms with Gasteiger partial charge in [-0.05, 0) is 91.9 Å². The molecule has 0 bridgehead atoms. The Kier molecular flexibility index (Phi) is 7.31. The average molecular weight is 397 g/mol. The topological polar surface area (TPSA) is 20.2 Å². The van der Waals surface area contributed by atoms with Crippen LogP contribution in [0.1, 0.15) is 86.0 Å². The zero-order valence-electron chi connectivity index (χ0n) is 19.6. The monoisotopic (exact) mass is 396 g/mol. The van der Waals surface area contributed by atoms with Gasteiger partial charge in [-0.25, -0.2) is 0 Å². The van der Waals surface area contributed by atoms with Crippen molar-refractivity contribution in [2.75, 3.05) is 0 Å². The van der Waals surface area contributed by atoms with Crippen LogP contribution in [0.5, 0.6) is 0 Å². The van der Waals surface area contributed by atoms with Crippen molar-refractivity contribution < 1.29 is 5.11 Å². The van der Waals surface area contributed by atoms with Gasteiger partial charge in [-0.1, -0.05) is 76.6 Å². The minimum Gasteiger partial charge on any atom is -0.393 e. The zero-order chi connectivity index (χ0) is 21.2. The van der Waals surface area contributed by atoms with Crippen LogP contribution in [0.25, 0.3) is 0 Å². The lowest BCUT2D eigenvalue weighted by Gasteiger charge is -2.44. The van der Waals surface area contributed by atoms with Crippen molar-refractivity contribution in [2.45, 2.75) is 92.1 Å². The summed E-state index contributed by atoms with van der Waals surface area (Å²) in [6.45, 7) is 16.3. The van der Waals surface area contributed by atoms with Crippen molar-refractivity contribution in [1.29, 1.82) is 0 Å². The van der Waals surface area contributed by atoms with Crippen molar-refractivity contribution in [1.82, 2.24) is 0 Å². The number of aliphatic hydroxyl groups is 1. The van der Waals surface area contributed by atoms with Crippen LogP contribution >= 0.6 is 0 Å². The fourth-order valence-corrected chi connectivity index (χ4v) is 6.25. The molecule has 1 nitrogen and oxygen atoms in total. The highest BCUT2D eigenvalue weighted by atomic mass is 16.3. The first-order valence-electron chi connectivity index (χ1n) is 12.2. The van der Waals surface area contributed by atoms with E-state index in [1.807, 2.05) is 0 Å². The Morgan fingerprint density at radius 1 is 1.03 bits per heavy atom. The van der Waals surface area contributed by atoms with Gasteiger partial charge in [-0.3, -0.25) is 0 Å². The number of rotatable bonds is 5.